The Morgan fingerprint density at radius 2 is 2.00 bits per heavy atom. The average molecular weight is 356 g/mol. The zero-order valence-electron chi connectivity index (χ0n) is 16.2. The number of esters is 1. The maximum Gasteiger partial charge on any atom is 0.341 e. The number of hydrogen-bond donors (Lipinski definition) is 0. The molecule has 5 heteroatoms. The van der Waals surface area contributed by atoms with E-state index in [-0.39, 0.29) is 5.97 Å². The van der Waals surface area contributed by atoms with Crippen LogP contribution < -0.4 is 4.90 Å². The second-order valence-corrected chi connectivity index (χ2v) is 7.03. The van der Waals surface area contributed by atoms with Crippen LogP contribution >= 0.6 is 0 Å². The molecule has 0 N–H and O–H groups in total. The van der Waals surface area contributed by atoms with Gasteiger partial charge in [-0.1, -0.05) is 12.1 Å². The molecule has 1 saturated heterocycles. The quantitative estimate of drug-likeness (QED) is 0.761. The SMILES string of the molecule is CCOC(=O)c1cnc2c(C)c(C)ccc2c1N1CCC(COC)CC1. The number of nitrogens with zero attached hydrogens (tertiary/aromatic N) is 2. The first kappa shape index (κ1) is 18.6. The Kier molecular flexibility index (Phi) is 5.77. The second-order valence-electron chi connectivity index (χ2n) is 7.03. The molecular weight excluding hydrogens is 328 g/mol. The molecule has 2 aromatic rings. The van der Waals surface area contributed by atoms with E-state index in [9.17, 15) is 4.79 Å². The predicted octanol–water partition coefficient (Wildman–Crippen LogP) is 3.89. The third-order valence-electron chi connectivity index (χ3n) is 5.36. The van der Waals surface area contributed by atoms with Crippen molar-refractivity contribution in [3.05, 3.63) is 35.0 Å². The minimum atomic E-state index is -0.297. The number of pyridine rings is 1. The Morgan fingerprint density at radius 1 is 1.27 bits per heavy atom. The lowest BCUT2D eigenvalue weighted by molar-refractivity contribution is 0.0526. The van der Waals surface area contributed by atoms with Gasteiger partial charge < -0.3 is 14.4 Å². The zero-order chi connectivity index (χ0) is 18.7. The first-order valence-corrected chi connectivity index (χ1v) is 9.36. The van der Waals surface area contributed by atoms with E-state index in [1.54, 1.807) is 13.3 Å². The van der Waals surface area contributed by atoms with E-state index in [1.165, 1.54) is 5.56 Å². The van der Waals surface area contributed by atoms with Crippen molar-refractivity contribution in [2.45, 2.75) is 33.6 Å². The summed E-state index contributed by atoms with van der Waals surface area (Å²) in [7, 11) is 1.76. The molecule has 2 heterocycles. The molecule has 1 fully saturated rings. The lowest BCUT2D eigenvalue weighted by Gasteiger charge is -2.35. The van der Waals surface area contributed by atoms with Gasteiger partial charge in [-0.2, -0.15) is 0 Å². The van der Waals surface area contributed by atoms with Gasteiger partial charge in [-0.3, -0.25) is 4.98 Å². The number of anilines is 1. The highest BCUT2D eigenvalue weighted by atomic mass is 16.5. The number of methoxy groups -OCH3 is 1. The van der Waals surface area contributed by atoms with E-state index >= 15 is 0 Å². The zero-order valence-corrected chi connectivity index (χ0v) is 16.2. The Labute approximate surface area is 155 Å². The summed E-state index contributed by atoms with van der Waals surface area (Å²) in [4.78, 5) is 19.5. The molecule has 0 spiro atoms. The molecule has 1 aliphatic heterocycles. The van der Waals surface area contributed by atoms with Crippen LogP contribution in [-0.4, -0.2) is 44.4 Å². The molecule has 1 aromatic carbocycles. The number of benzene rings is 1. The van der Waals surface area contributed by atoms with Gasteiger partial charge in [0.25, 0.3) is 0 Å². The first-order valence-electron chi connectivity index (χ1n) is 9.36. The summed E-state index contributed by atoms with van der Waals surface area (Å²) in [6.07, 6.45) is 3.80. The van der Waals surface area contributed by atoms with Crippen LogP contribution in [0.5, 0.6) is 0 Å². The van der Waals surface area contributed by atoms with Gasteiger partial charge in [0.15, 0.2) is 0 Å². The van der Waals surface area contributed by atoms with Crippen LogP contribution in [-0.2, 0) is 9.47 Å². The lowest BCUT2D eigenvalue weighted by Crippen LogP contribution is -2.36. The molecule has 26 heavy (non-hydrogen) atoms. The fourth-order valence-corrected chi connectivity index (χ4v) is 3.75. The van der Waals surface area contributed by atoms with Crippen molar-refractivity contribution >= 4 is 22.6 Å². The molecule has 0 bridgehead atoms. The topological polar surface area (TPSA) is 51.7 Å². The number of carbonyl (C=O) groups excluding carboxylic acids is 1. The van der Waals surface area contributed by atoms with Crippen LogP contribution in [0.15, 0.2) is 18.3 Å². The summed E-state index contributed by atoms with van der Waals surface area (Å²) < 4.78 is 10.6. The van der Waals surface area contributed by atoms with E-state index in [1.807, 2.05) is 6.92 Å². The first-order chi connectivity index (χ1) is 12.6. The Hall–Kier alpha value is -2.14. The van der Waals surface area contributed by atoms with Gasteiger partial charge >= 0.3 is 5.97 Å². The minimum Gasteiger partial charge on any atom is -0.462 e. The highest BCUT2D eigenvalue weighted by Crippen LogP contribution is 2.35. The summed E-state index contributed by atoms with van der Waals surface area (Å²) in [5, 5.41) is 1.03. The van der Waals surface area contributed by atoms with Crippen molar-refractivity contribution in [2.75, 3.05) is 38.3 Å². The summed E-state index contributed by atoms with van der Waals surface area (Å²) in [6, 6.07) is 4.19. The maximum absolute atomic E-state index is 12.6. The van der Waals surface area contributed by atoms with Crippen molar-refractivity contribution in [1.82, 2.24) is 4.98 Å². The molecule has 5 nitrogen and oxygen atoms in total. The van der Waals surface area contributed by atoms with Crippen LogP contribution in [0.4, 0.5) is 5.69 Å². The van der Waals surface area contributed by atoms with Gasteiger partial charge in [-0.05, 0) is 50.7 Å². The van der Waals surface area contributed by atoms with Crippen LogP contribution in [0.3, 0.4) is 0 Å². The number of piperidine rings is 1. The fraction of sp³-hybridized carbons (Fsp3) is 0.524. The van der Waals surface area contributed by atoms with Crippen LogP contribution in [0.1, 0.15) is 41.3 Å². The van der Waals surface area contributed by atoms with E-state index in [0.717, 1.165) is 54.7 Å². The minimum absolute atomic E-state index is 0.297. The van der Waals surface area contributed by atoms with E-state index in [2.05, 4.69) is 35.9 Å². The Balaban J connectivity index is 2.06. The molecule has 0 saturated carbocycles. The molecule has 140 valence electrons. The monoisotopic (exact) mass is 356 g/mol. The molecule has 0 aliphatic carbocycles. The Morgan fingerprint density at radius 3 is 2.65 bits per heavy atom. The highest BCUT2D eigenvalue weighted by molar-refractivity contribution is 6.06. The van der Waals surface area contributed by atoms with Gasteiger partial charge in [0.2, 0.25) is 0 Å². The van der Waals surface area contributed by atoms with Gasteiger partial charge in [-0.25, -0.2) is 4.79 Å². The largest absolute Gasteiger partial charge is 0.462 e. The number of aromatic nitrogens is 1. The molecule has 0 radical (unpaired) electrons. The van der Waals surface area contributed by atoms with Crippen LogP contribution in [0, 0.1) is 19.8 Å². The molecule has 0 unspecified atom stereocenters. The van der Waals surface area contributed by atoms with Crippen molar-refractivity contribution in [3.8, 4) is 0 Å². The van der Waals surface area contributed by atoms with Crippen molar-refractivity contribution in [3.63, 3.8) is 0 Å². The third kappa shape index (κ3) is 3.54. The number of rotatable bonds is 5. The van der Waals surface area contributed by atoms with Gasteiger partial charge in [0.1, 0.15) is 5.56 Å². The van der Waals surface area contributed by atoms with Crippen molar-refractivity contribution < 1.29 is 14.3 Å². The van der Waals surface area contributed by atoms with E-state index < -0.39 is 0 Å². The smallest absolute Gasteiger partial charge is 0.341 e. The second kappa shape index (κ2) is 8.04. The summed E-state index contributed by atoms with van der Waals surface area (Å²) in [5.41, 5.74) is 4.86. The van der Waals surface area contributed by atoms with Crippen molar-refractivity contribution in [1.29, 1.82) is 0 Å². The van der Waals surface area contributed by atoms with E-state index in [0.29, 0.717) is 18.1 Å². The molecule has 0 amide bonds. The van der Waals surface area contributed by atoms with Crippen molar-refractivity contribution in [2.24, 2.45) is 5.92 Å². The van der Waals surface area contributed by atoms with E-state index in [4.69, 9.17) is 9.47 Å². The van der Waals surface area contributed by atoms with Gasteiger partial charge in [0, 0.05) is 38.4 Å². The molecule has 1 aliphatic rings. The van der Waals surface area contributed by atoms with Crippen LogP contribution in [0.25, 0.3) is 10.9 Å². The van der Waals surface area contributed by atoms with Crippen LogP contribution in [0.2, 0.25) is 0 Å². The molecular formula is C21H28N2O3. The highest BCUT2D eigenvalue weighted by Gasteiger charge is 2.26. The normalized spacial score (nSPS) is 15.5. The third-order valence-corrected chi connectivity index (χ3v) is 5.36. The Bertz CT molecular complexity index is 795. The summed E-state index contributed by atoms with van der Waals surface area (Å²) in [6.45, 7) is 8.98. The molecule has 0 atom stereocenters. The number of fused-ring (bicyclic) bond motifs is 1. The standard InChI is InChI=1S/C21H28N2O3/c1-5-26-21(24)18-12-22-19-15(3)14(2)6-7-17(19)20(18)23-10-8-16(9-11-23)13-25-4/h6-7,12,16H,5,8-11,13H2,1-4H3. The predicted molar refractivity (Wildman–Crippen MR) is 104 cm³/mol. The molecule has 3 rings (SSSR count). The lowest BCUT2D eigenvalue weighted by atomic mass is 9.95. The fourth-order valence-electron chi connectivity index (χ4n) is 3.75. The summed E-state index contributed by atoms with van der Waals surface area (Å²) >= 11 is 0. The average Bonchev–Trinajstić information content (AvgIpc) is 2.65. The maximum atomic E-state index is 12.6. The number of ether oxygens (including phenoxy) is 2. The number of carbonyl (C=O) groups is 1. The van der Waals surface area contributed by atoms with Gasteiger partial charge in [-0.15, -0.1) is 0 Å². The van der Waals surface area contributed by atoms with Gasteiger partial charge in [0.05, 0.1) is 17.8 Å². The summed E-state index contributed by atoms with van der Waals surface area (Å²) in [5.74, 6) is 0.286. The number of aryl methyl sites for hydroxylation is 2. The molecule has 1 aromatic heterocycles. The number of hydrogen-bond acceptors (Lipinski definition) is 5.